The van der Waals surface area contributed by atoms with E-state index in [4.69, 9.17) is 4.74 Å². The molecular weight excluding hydrogens is 370 g/mol. The van der Waals surface area contributed by atoms with Crippen molar-refractivity contribution in [3.63, 3.8) is 0 Å². The summed E-state index contributed by atoms with van der Waals surface area (Å²) in [6.45, 7) is 1.77. The van der Waals surface area contributed by atoms with E-state index in [1.165, 1.54) is 16.9 Å². The van der Waals surface area contributed by atoms with E-state index >= 15 is 0 Å². The molecule has 0 radical (unpaired) electrons. The van der Waals surface area contributed by atoms with Crippen molar-refractivity contribution in [2.45, 2.75) is 38.5 Å². The summed E-state index contributed by atoms with van der Waals surface area (Å²) in [7, 11) is 0. The quantitative estimate of drug-likeness (QED) is 0.713. The van der Waals surface area contributed by atoms with Gasteiger partial charge in [-0.15, -0.1) is 11.3 Å². The number of aryl methyl sites for hydroxylation is 1. The Bertz CT molecular complexity index is 918. The summed E-state index contributed by atoms with van der Waals surface area (Å²) in [6, 6.07) is 9.87. The first-order chi connectivity index (χ1) is 13.7. The first-order valence-corrected chi connectivity index (χ1v) is 10.7. The summed E-state index contributed by atoms with van der Waals surface area (Å²) in [5, 5.41) is 10.3. The van der Waals surface area contributed by atoms with Crippen LogP contribution >= 0.6 is 11.3 Å². The number of likely N-dealkylation sites (tertiary alicyclic amines) is 1. The number of thiophene rings is 1. The third-order valence-corrected chi connectivity index (χ3v) is 6.50. The summed E-state index contributed by atoms with van der Waals surface area (Å²) in [5.74, 6) is 0.725. The Labute approximate surface area is 169 Å². The predicted molar refractivity (Wildman–Crippen MR) is 111 cm³/mol. The topological polar surface area (TPSA) is 65.7 Å². The van der Waals surface area contributed by atoms with Crippen LogP contribution in [-0.4, -0.2) is 36.7 Å². The Balaban J connectivity index is 1.39. The van der Waals surface area contributed by atoms with Crippen LogP contribution in [0.15, 0.2) is 29.3 Å². The highest BCUT2D eigenvalue weighted by Gasteiger charge is 2.20. The van der Waals surface area contributed by atoms with Gasteiger partial charge in [0.1, 0.15) is 16.8 Å². The molecule has 1 aliphatic heterocycles. The Hall–Kier alpha value is -2.65. The maximum Gasteiger partial charge on any atom is 0.260 e. The fourth-order valence-corrected chi connectivity index (χ4v) is 4.93. The molecule has 0 atom stereocenters. The van der Waals surface area contributed by atoms with E-state index in [0.29, 0.717) is 5.75 Å². The van der Waals surface area contributed by atoms with Gasteiger partial charge in [0.25, 0.3) is 5.91 Å². The number of carbonyl (C=O) groups is 1. The van der Waals surface area contributed by atoms with Crippen molar-refractivity contribution in [2.24, 2.45) is 4.99 Å². The van der Waals surface area contributed by atoms with E-state index in [1.807, 2.05) is 29.2 Å². The Morgan fingerprint density at radius 2 is 1.93 bits per heavy atom. The van der Waals surface area contributed by atoms with Crippen LogP contribution in [0.3, 0.4) is 0 Å². The number of rotatable bonds is 5. The highest BCUT2D eigenvalue weighted by atomic mass is 32.1. The third kappa shape index (κ3) is 4.10. The molecule has 144 valence electrons. The molecular formula is C22H23N3O2S. The van der Waals surface area contributed by atoms with E-state index < -0.39 is 0 Å². The lowest BCUT2D eigenvalue weighted by molar-refractivity contribution is -0.132. The SMILES string of the molecule is N#Cc1c(N=Cc2ccc(OCC(=O)N3CCCC3)cc2)sc2c1CCCC2. The van der Waals surface area contributed by atoms with Crippen LogP contribution in [0, 0.1) is 11.3 Å². The lowest BCUT2D eigenvalue weighted by atomic mass is 9.96. The van der Waals surface area contributed by atoms with Crippen molar-refractivity contribution in [2.75, 3.05) is 19.7 Å². The zero-order valence-corrected chi connectivity index (χ0v) is 16.6. The van der Waals surface area contributed by atoms with Crippen molar-refractivity contribution in [3.8, 4) is 11.8 Å². The second kappa shape index (κ2) is 8.57. The number of aliphatic imine (C=N–C) groups is 1. The van der Waals surface area contributed by atoms with Gasteiger partial charge >= 0.3 is 0 Å². The first kappa shape index (κ1) is 18.7. The van der Waals surface area contributed by atoms with Gasteiger partial charge in [-0.05, 0) is 73.9 Å². The largest absolute Gasteiger partial charge is 0.484 e. The molecule has 0 bridgehead atoms. The summed E-state index contributed by atoms with van der Waals surface area (Å²) < 4.78 is 5.61. The van der Waals surface area contributed by atoms with Gasteiger partial charge in [-0.1, -0.05) is 0 Å². The second-order valence-corrected chi connectivity index (χ2v) is 8.29. The summed E-state index contributed by atoms with van der Waals surface area (Å²) in [5.41, 5.74) is 2.89. The van der Waals surface area contributed by atoms with E-state index in [1.54, 1.807) is 17.6 Å². The number of carbonyl (C=O) groups excluding carboxylic acids is 1. The van der Waals surface area contributed by atoms with Gasteiger partial charge in [-0.2, -0.15) is 5.26 Å². The first-order valence-electron chi connectivity index (χ1n) is 9.84. The number of ether oxygens (including phenoxy) is 1. The summed E-state index contributed by atoms with van der Waals surface area (Å²) >= 11 is 1.65. The number of fused-ring (bicyclic) bond motifs is 1. The molecule has 4 rings (SSSR count). The Morgan fingerprint density at radius 1 is 1.18 bits per heavy atom. The van der Waals surface area contributed by atoms with Crippen LogP contribution in [0.4, 0.5) is 5.00 Å². The minimum atomic E-state index is 0.0498. The molecule has 0 saturated carbocycles. The molecule has 2 aromatic rings. The molecule has 2 aliphatic rings. The molecule has 1 aromatic heterocycles. The number of nitrogens with zero attached hydrogens (tertiary/aromatic N) is 3. The zero-order valence-electron chi connectivity index (χ0n) is 15.8. The Morgan fingerprint density at radius 3 is 2.68 bits per heavy atom. The molecule has 1 aliphatic carbocycles. The molecule has 6 heteroatoms. The zero-order chi connectivity index (χ0) is 19.3. The number of nitriles is 1. The van der Waals surface area contributed by atoms with E-state index in [9.17, 15) is 10.1 Å². The molecule has 1 aromatic carbocycles. The average Bonchev–Trinajstić information content (AvgIpc) is 3.39. The van der Waals surface area contributed by atoms with Crippen molar-refractivity contribution in [3.05, 3.63) is 45.8 Å². The number of hydrogen-bond acceptors (Lipinski definition) is 5. The number of benzene rings is 1. The summed E-state index contributed by atoms with van der Waals surface area (Å²) in [6.07, 6.45) is 8.36. The highest BCUT2D eigenvalue weighted by molar-refractivity contribution is 7.16. The fourth-order valence-electron chi connectivity index (χ4n) is 3.74. The maximum atomic E-state index is 12.0. The van der Waals surface area contributed by atoms with Gasteiger partial charge in [0.2, 0.25) is 0 Å². The monoisotopic (exact) mass is 393 g/mol. The molecule has 0 unspecified atom stereocenters. The predicted octanol–water partition coefficient (Wildman–Crippen LogP) is 4.25. The third-order valence-electron chi connectivity index (χ3n) is 5.30. The van der Waals surface area contributed by atoms with Crippen molar-refractivity contribution in [1.82, 2.24) is 4.90 Å². The molecule has 1 saturated heterocycles. The van der Waals surface area contributed by atoms with Gasteiger partial charge in [-0.25, -0.2) is 4.99 Å². The van der Waals surface area contributed by atoms with E-state index in [0.717, 1.165) is 61.3 Å². The van der Waals surface area contributed by atoms with Crippen molar-refractivity contribution in [1.29, 1.82) is 5.26 Å². The molecule has 1 amide bonds. The van der Waals surface area contributed by atoms with Gasteiger partial charge in [0.05, 0.1) is 5.56 Å². The van der Waals surface area contributed by atoms with Crippen LogP contribution in [0.1, 0.15) is 47.3 Å². The lowest BCUT2D eigenvalue weighted by Crippen LogP contribution is -2.32. The van der Waals surface area contributed by atoms with Crippen LogP contribution < -0.4 is 4.74 Å². The highest BCUT2D eigenvalue weighted by Crippen LogP contribution is 2.39. The van der Waals surface area contributed by atoms with Crippen LogP contribution in [-0.2, 0) is 17.6 Å². The summed E-state index contributed by atoms with van der Waals surface area (Å²) in [4.78, 5) is 19.8. The van der Waals surface area contributed by atoms with Crippen molar-refractivity contribution >= 4 is 28.5 Å². The van der Waals surface area contributed by atoms with Gasteiger partial charge in [0.15, 0.2) is 6.61 Å². The van der Waals surface area contributed by atoms with E-state index in [-0.39, 0.29) is 12.5 Å². The van der Waals surface area contributed by atoms with E-state index in [2.05, 4.69) is 11.1 Å². The van der Waals surface area contributed by atoms with Crippen LogP contribution in [0.25, 0.3) is 0 Å². The molecule has 28 heavy (non-hydrogen) atoms. The standard InChI is InChI=1S/C22H23N3O2S/c23-13-19-18-5-1-2-6-20(18)28-22(19)24-14-16-7-9-17(10-8-16)27-15-21(26)25-11-3-4-12-25/h7-10,14H,1-6,11-12,15H2. The average molecular weight is 394 g/mol. The van der Waals surface area contributed by atoms with Gasteiger partial charge < -0.3 is 9.64 Å². The normalized spacial score (nSPS) is 16.2. The molecule has 5 nitrogen and oxygen atoms in total. The van der Waals surface area contributed by atoms with Gasteiger partial charge in [0, 0.05) is 24.2 Å². The van der Waals surface area contributed by atoms with Crippen LogP contribution in [0.2, 0.25) is 0 Å². The smallest absolute Gasteiger partial charge is 0.260 e. The lowest BCUT2D eigenvalue weighted by Gasteiger charge is -2.15. The van der Waals surface area contributed by atoms with Crippen LogP contribution in [0.5, 0.6) is 5.75 Å². The minimum absolute atomic E-state index is 0.0498. The second-order valence-electron chi connectivity index (χ2n) is 7.21. The van der Waals surface area contributed by atoms with Gasteiger partial charge in [-0.3, -0.25) is 4.79 Å². The molecule has 0 spiro atoms. The molecule has 2 heterocycles. The number of hydrogen-bond donors (Lipinski definition) is 0. The van der Waals surface area contributed by atoms with Crippen molar-refractivity contribution < 1.29 is 9.53 Å². The maximum absolute atomic E-state index is 12.0. The molecule has 0 N–H and O–H groups in total. The fraction of sp³-hybridized carbons (Fsp3) is 0.409. The molecule has 1 fully saturated rings. The Kier molecular flexibility index (Phi) is 5.73. The minimum Gasteiger partial charge on any atom is -0.484 e. The number of amides is 1.